The predicted molar refractivity (Wildman–Crippen MR) is 108 cm³/mol. The minimum Gasteiger partial charge on any atom is -0.365 e. The fraction of sp³-hybridized carbons (Fsp3) is 0.286. The standard InChI is InChI=1S/C21H19N7O/c1-2-15-7-11-28-18(12-15)17(13-24-28)21-23-9-6-19(26-21)25-16-4-3-10-27(14-16)20(29)5-8-22/h1,6-7,9,11-13,16H,3-5,10,14H2,(H,23,25,26). The Kier molecular flexibility index (Phi) is 5.08. The monoisotopic (exact) mass is 385 g/mol. The maximum absolute atomic E-state index is 12.0. The number of nitrogens with zero attached hydrogens (tertiary/aromatic N) is 6. The van der Waals surface area contributed by atoms with E-state index in [0.717, 1.165) is 29.5 Å². The van der Waals surface area contributed by atoms with Crippen molar-refractivity contribution in [2.45, 2.75) is 25.3 Å². The van der Waals surface area contributed by atoms with Crippen LogP contribution in [0.5, 0.6) is 0 Å². The summed E-state index contributed by atoms with van der Waals surface area (Å²) >= 11 is 0. The van der Waals surface area contributed by atoms with E-state index in [2.05, 4.69) is 26.3 Å². The topological polar surface area (TPSA) is 99.2 Å². The summed E-state index contributed by atoms with van der Waals surface area (Å²) in [6.45, 7) is 1.25. The lowest BCUT2D eigenvalue weighted by Gasteiger charge is -2.33. The zero-order valence-electron chi connectivity index (χ0n) is 15.7. The first-order chi connectivity index (χ1) is 14.2. The van der Waals surface area contributed by atoms with Crippen LogP contribution in [0.25, 0.3) is 16.9 Å². The summed E-state index contributed by atoms with van der Waals surface area (Å²) < 4.78 is 1.74. The molecule has 1 aliphatic heterocycles. The summed E-state index contributed by atoms with van der Waals surface area (Å²) in [5.74, 6) is 3.73. The molecule has 4 heterocycles. The van der Waals surface area contributed by atoms with E-state index in [1.807, 2.05) is 24.4 Å². The lowest BCUT2D eigenvalue weighted by Crippen LogP contribution is -2.45. The van der Waals surface area contributed by atoms with Crippen LogP contribution < -0.4 is 5.32 Å². The first-order valence-electron chi connectivity index (χ1n) is 9.36. The molecule has 0 bridgehead atoms. The molecule has 144 valence electrons. The molecule has 0 spiro atoms. The number of terminal acetylenes is 1. The van der Waals surface area contributed by atoms with Crippen LogP contribution >= 0.6 is 0 Å². The van der Waals surface area contributed by atoms with E-state index in [9.17, 15) is 4.79 Å². The quantitative estimate of drug-likeness (QED) is 0.691. The van der Waals surface area contributed by atoms with Crippen molar-refractivity contribution in [2.24, 2.45) is 0 Å². The maximum Gasteiger partial charge on any atom is 0.236 e. The molecule has 1 amide bonds. The Morgan fingerprint density at radius 2 is 2.31 bits per heavy atom. The van der Waals surface area contributed by atoms with Gasteiger partial charge in [0, 0.05) is 37.1 Å². The van der Waals surface area contributed by atoms with Crippen molar-refractivity contribution in [3.05, 3.63) is 42.4 Å². The third-order valence-electron chi connectivity index (χ3n) is 4.94. The Morgan fingerprint density at radius 1 is 1.41 bits per heavy atom. The van der Waals surface area contributed by atoms with Crippen LogP contribution in [0.15, 0.2) is 36.8 Å². The third-order valence-corrected chi connectivity index (χ3v) is 4.94. The Balaban J connectivity index is 1.55. The number of nitriles is 1. The van der Waals surface area contributed by atoms with Gasteiger partial charge in [0.2, 0.25) is 5.91 Å². The molecule has 1 N–H and O–H groups in total. The van der Waals surface area contributed by atoms with Gasteiger partial charge in [-0.1, -0.05) is 5.92 Å². The van der Waals surface area contributed by atoms with Gasteiger partial charge in [0.25, 0.3) is 0 Å². The predicted octanol–water partition coefficient (Wildman–Crippen LogP) is 2.09. The van der Waals surface area contributed by atoms with E-state index < -0.39 is 0 Å². The molecule has 0 aromatic carbocycles. The van der Waals surface area contributed by atoms with Crippen LogP contribution in [0.1, 0.15) is 24.8 Å². The number of rotatable bonds is 4. The summed E-state index contributed by atoms with van der Waals surface area (Å²) in [4.78, 5) is 22.8. The van der Waals surface area contributed by atoms with Crippen molar-refractivity contribution in [1.82, 2.24) is 24.5 Å². The van der Waals surface area contributed by atoms with Crippen molar-refractivity contribution in [3.8, 4) is 29.8 Å². The molecule has 1 aliphatic rings. The summed E-state index contributed by atoms with van der Waals surface area (Å²) in [6, 6.07) is 7.51. The lowest BCUT2D eigenvalue weighted by molar-refractivity contribution is -0.131. The highest BCUT2D eigenvalue weighted by atomic mass is 16.2. The van der Waals surface area contributed by atoms with E-state index in [0.29, 0.717) is 24.7 Å². The number of piperidine rings is 1. The third kappa shape index (κ3) is 3.87. The van der Waals surface area contributed by atoms with Crippen LogP contribution in [0, 0.1) is 23.7 Å². The molecule has 3 aromatic rings. The van der Waals surface area contributed by atoms with Gasteiger partial charge in [0.1, 0.15) is 12.2 Å². The van der Waals surface area contributed by atoms with Crippen molar-refractivity contribution < 1.29 is 4.79 Å². The molecule has 8 heteroatoms. The van der Waals surface area contributed by atoms with Gasteiger partial charge in [-0.15, -0.1) is 6.42 Å². The number of anilines is 1. The molecule has 1 atom stereocenters. The van der Waals surface area contributed by atoms with Crippen molar-refractivity contribution in [3.63, 3.8) is 0 Å². The number of carbonyl (C=O) groups excluding carboxylic acids is 1. The number of hydrogen-bond acceptors (Lipinski definition) is 6. The number of amides is 1. The van der Waals surface area contributed by atoms with E-state index in [-0.39, 0.29) is 18.4 Å². The van der Waals surface area contributed by atoms with Crippen LogP contribution in [0.2, 0.25) is 0 Å². The number of fused-ring (bicyclic) bond motifs is 1. The highest BCUT2D eigenvalue weighted by Gasteiger charge is 2.23. The number of nitrogens with one attached hydrogen (secondary N) is 1. The van der Waals surface area contributed by atoms with Gasteiger partial charge in [-0.25, -0.2) is 14.5 Å². The average molecular weight is 385 g/mol. The van der Waals surface area contributed by atoms with Gasteiger partial charge in [0.15, 0.2) is 5.82 Å². The van der Waals surface area contributed by atoms with Gasteiger partial charge >= 0.3 is 0 Å². The number of hydrogen-bond donors (Lipinski definition) is 1. The second-order valence-electron chi connectivity index (χ2n) is 6.87. The second-order valence-corrected chi connectivity index (χ2v) is 6.87. The molecular weight excluding hydrogens is 366 g/mol. The average Bonchev–Trinajstić information content (AvgIpc) is 3.17. The molecule has 1 unspecified atom stereocenters. The highest BCUT2D eigenvalue weighted by molar-refractivity contribution is 5.78. The van der Waals surface area contributed by atoms with Crippen LogP contribution in [0.4, 0.5) is 5.82 Å². The smallest absolute Gasteiger partial charge is 0.236 e. The van der Waals surface area contributed by atoms with E-state index in [4.69, 9.17) is 11.7 Å². The van der Waals surface area contributed by atoms with E-state index >= 15 is 0 Å². The lowest BCUT2D eigenvalue weighted by atomic mass is 10.1. The minimum absolute atomic E-state index is 0.0751. The molecule has 0 aliphatic carbocycles. The number of pyridine rings is 1. The van der Waals surface area contributed by atoms with Crippen LogP contribution in [-0.4, -0.2) is 49.5 Å². The summed E-state index contributed by atoms with van der Waals surface area (Å²) in [6.07, 6.45) is 12.5. The first kappa shape index (κ1) is 18.5. The molecular formula is C21H19N7O. The fourth-order valence-corrected chi connectivity index (χ4v) is 3.52. The fourth-order valence-electron chi connectivity index (χ4n) is 3.52. The van der Waals surface area contributed by atoms with Gasteiger partial charge in [-0.2, -0.15) is 10.4 Å². The van der Waals surface area contributed by atoms with E-state index in [1.165, 1.54) is 0 Å². The van der Waals surface area contributed by atoms with Crippen molar-refractivity contribution >= 4 is 17.2 Å². The summed E-state index contributed by atoms with van der Waals surface area (Å²) in [5, 5.41) is 16.5. The van der Waals surface area contributed by atoms with Crippen molar-refractivity contribution in [2.75, 3.05) is 18.4 Å². The van der Waals surface area contributed by atoms with Gasteiger partial charge < -0.3 is 10.2 Å². The Hall–Kier alpha value is -3.91. The second kappa shape index (κ2) is 7.99. The molecule has 4 rings (SSSR count). The Morgan fingerprint density at radius 3 is 3.14 bits per heavy atom. The van der Waals surface area contributed by atoms with Crippen LogP contribution in [0.3, 0.4) is 0 Å². The zero-order chi connectivity index (χ0) is 20.2. The summed E-state index contributed by atoms with van der Waals surface area (Å²) in [5.41, 5.74) is 2.39. The molecule has 1 fully saturated rings. The molecule has 0 saturated carbocycles. The minimum atomic E-state index is -0.127. The molecule has 3 aromatic heterocycles. The normalized spacial score (nSPS) is 16.2. The van der Waals surface area contributed by atoms with Crippen molar-refractivity contribution in [1.29, 1.82) is 5.26 Å². The molecule has 1 saturated heterocycles. The Labute approximate surface area is 168 Å². The van der Waals surface area contributed by atoms with E-state index in [1.54, 1.807) is 27.9 Å². The Bertz CT molecular complexity index is 1140. The molecule has 8 nitrogen and oxygen atoms in total. The largest absolute Gasteiger partial charge is 0.365 e. The van der Waals surface area contributed by atoms with Gasteiger partial charge in [0.05, 0.1) is 23.3 Å². The maximum atomic E-state index is 12.0. The molecule has 0 radical (unpaired) electrons. The number of carbonyl (C=O) groups is 1. The number of aromatic nitrogens is 4. The zero-order valence-corrected chi connectivity index (χ0v) is 15.7. The highest BCUT2D eigenvalue weighted by Crippen LogP contribution is 2.23. The van der Waals surface area contributed by atoms with Gasteiger partial charge in [-0.05, 0) is 31.0 Å². The SMILES string of the molecule is C#Cc1ccn2ncc(-c3nccc(NC4CCCN(C(=O)CC#N)C4)n3)c2c1. The molecule has 29 heavy (non-hydrogen) atoms. The van der Waals surface area contributed by atoms with Crippen LogP contribution in [-0.2, 0) is 4.79 Å². The first-order valence-corrected chi connectivity index (χ1v) is 9.36. The summed E-state index contributed by atoms with van der Waals surface area (Å²) in [7, 11) is 0. The number of likely N-dealkylation sites (tertiary alicyclic amines) is 1. The van der Waals surface area contributed by atoms with Gasteiger partial charge in [-0.3, -0.25) is 4.79 Å².